The van der Waals surface area contributed by atoms with Gasteiger partial charge in [0.2, 0.25) is 5.88 Å². The van der Waals surface area contributed by atoms with Gasteiger partial charge in [-0.2, -0.15) is 5.26 Å². The first-order valence-corrected chi connectivity index (χ1v) is 4.43. The predicted octanol–water partition coefficient (Wildman–Crippen LogP) is 1.37. The molecule has 0 amide bonds. The van der Waals surface area contributed by atoms with E-state index < -0.39 is 0 Å². The summed E-state index contributed by atoms with van der Waals surface area (Å²) in [5, 5.41) is 8.61. The van der Waals surface area contributed by atoms with Gasteiger partial charge in [-0.25, -0.2) is 4.98 Å². The van der Waals surface area contributed by atoms with Crippen molar-refractivity contribution in [2.75, 3.05) is 19.8 Å². The molecule has 1 aromatic heterocycles. The van der Waals surface area contributed by atoms with Crippen LogP contribution in [0.5, 0.6) is 5.88 Å². The highest BCUT2D eigenvalue weighted by molar-refractivity contribution is 5.31. The largest absolute Gasteiger partial charge is 0.475 e. The second-order valence-electron chi connectivity index (χ2n) is 2.54. The number of rotatable bonds is 5. The van der Waals surface area contributed by atoms with Crippen LogP contribution in [-0.4, -0.2) is 24.8 Å². The average Bonchev–Trinajstić information content (AvgIpc) is 2.25. The second kappa shape index (κ2) is 5.95. The van der Waals surface area contributed by atoms with Crippen molar-refractivity contribution in [2.24, 2.45) is 0 Å². The zero-order chi connectivity index (χ0) is 10.2. The minimum absolute atomic E-state index is 0.454. The van der Waals surface area contributed by atoms with Crippen LogP contribution < -0.4 is 4.74 Å². The monoisotopic (exact) mass is 192 g/mol. The van der Waals surface area contributed by atoms with Crippen LogP contribution in [-0.2, 0) is 4.74 Å². The van der Waals surface area contributed by atoms with Crippen molar-refractivity contribution >= 4 is 0 Å². The molecule has 74 valence electrons. The summed E-state index contributed by atoms with van der Waals surface area (Å²) in [5.74, 6) is 0.462. The van der Waals surface area contributed by atoms with Crippen molar-refractivity contribution in [3.05, 3.63) is 23.9 Å². The van der Waals surface area contributed by atoms with Gasteiger partial charge in [0.25, 0.3) is 0 Å². The zero-order valence-corrected chi connectivity index (χ0v) is 8.06. The van der Waals surface area contributed by atoms with Crippen LogP contribution in [0.25, 0.3) is 0 Å². The van der Waals surface area contributed by atoms with E-state index in [4.69, 9.17) is 14.7 Å². The number of hydrogen-bond acceptors (Lipinski definition) is 4. The van der Waals surface area contributed by atoms with E-state index in [9.17, 15) is 0 Å². The highest BCUT2D eigenvalue weighted by atomic mass is 16.5. The fourth-order valence-corrected chi connectivity index (χ4v) is 0.907. The van der Waals surface area contributed by atoms with Crippen LogP contribution >= 0.6 is 0 Å². The molecule has 14 heavy (non-hydrogen) atoms. The van der Waals surface area contributed by atoms with Crippen molar-refractivity contribution < 1.29 is 9.47 Å². The molecule has 1 heterocycles. The molecule has 4 nitrogen and oxygen atoms in total. The molecule has 0 unspecified atom stereocenters. The van der Waals surface area contributed by atoms with Crippen LogP contribution in [0.3, 0.4) is 0 Å². The van der Waals surface area contributed by atoms with Gasteiger partial charge in [-0.15, -0.1) is 0 Å². The molecule has 0 aliphatic heterocycles. The summed E-state index contributed by atoms with van der Waals surface area (Å²) in [6.45, 7) is 3.59. The molecule has 0 saturated carbocycles. The SMILES string of the molecule is CCOCCOc1cc(C#N)ccn1. The Balaban J connectivity index is 2.39. The minimum Gasteiger partial charge on any atom is -0.475 e. The Labute approximate surface area is 83.1 Å². The van der Waals surface area contributed by atoms with Crippen molar-refractivity contribution in [1.82, 2.24) is 4.98 Å². The molecule has 0 radical (unpaired) electrons. The second-order valence-corrected chi connectivity index (χ2v) is 2.54. The standard InChI is InChI=1S/C10H12N2O2/c1-2-13-5-6-14-10-7-9(8-11)3-4-12-10/h3-4,7H,2,5-6H2,1H3. The first kappa shape index (κ1) is 10.5. The molecule has 0 aromatic carbocycles. The third kappa shape index (κ3) is 3.42. The quantitative estimate of drug-likeness (QED) is 0.661. The van der Waals surface area contributed by atoms with Gasteiger partial charge in [-0.05, 0) is 13.0 Å². The first-order chi connectivity index (χ1) is 6.86. The summed E-state index contributed by atoms with van der Waals surface area (Å²) in [5.41, 5.74) is 0.548. The Morgan fingerprint density at radius 2 is 2.36 bits per heavy atom. The molecular formula is C10H12N2O2. The van der Waals surface area contributed by atoms with Gasteiger partial charge in [0, 0.05) is 18.9 Å². The minimum atomic E-state index is 0.454. The van der Waals surface area contributed by atoms with E-state index in [1.807, 2.05) is 13.0 Å². The van der Waals surface area contributed by atoms with E-state index in [1.54, 1.807) is 18.3 Å². The van der Waals surface area contributed by atoms with Gasteiger partial charge in [0.15, 0.2) is 0 Å². The van der Waals surface area contributed by atoms with Gasteiger partial charge in [0.1, 0.15) is 6.61 Å². The molecular weight excluding hydrogens is 180 g/mol. The van der Waals surface area contributed by atoms with E-state index in [-0.39, 0.29) is 0 Å². The van der Waals surface area contributed by atoms with Crippen molar-refractivity contribution in [3.63, 3.8) is 0 Å². The fourth-order valence-electron chi connectivity index (χ4n) is 0.907. The van der Waals surface area contributed by atoms with Gasteiger partial charge >= 0.3 is 0 Å². The molecule has 0 bridgehead atoms. The van der Waals surface area contributed by atoms with E-state index >= 15 is 0 Å². The Kier molecular flexibility index (Phi) is 4.45. The zero-order valence-electron chi connectivity index (χ0n) is 8.06. The number of hydrogen-bond donors (Lipinski definition) is 0. The lowest BCUT2D eigenvalue weighted by atomic mass is 10.3. The number of nitrogens with zero attached hydrogens (tertiary/aromatic N) is 2. The molecule has 0 spiro atoms. The van der Waals surface area contributed by atoms with Gasteiger partial charge in [0.05, 0.1) is 18.2 Å². The maximum atomic E-state index is 8.61. The van der Waals surface area contributed by atoms with Gasteiger partial charge in [-0.3, -0.25) is 0 Å². The summed E-state index contributed by atoms with van der Waals surface area (Å²) in [4.78, 5) is 3.96. The predicted molar refractivity (Wildman–Crippen MR) is 50.9 cm³/mol. The summed E-state index contributed by atoms with van der Waals surface area (Å²) >= 11 is 0. The molecule has 0 atom stereocenters. The Morgan fingerprint density at radius 3 is 3.07 bits per heavy atom. The fraction of sp³-hybridized carbons (Fsp3) is 0.400. The topological polar surface area (TPSA) is 55.1 Å². The van der Waals surface area contributed by atoms with Crippen LogP contribution in [0, 0.1) is 11.3 Å². The summed E-state index contributed by atoms with van der Waals surface area (Å²) in [7, 11) is 0. The van der Waals surface area contributed by atoms with Crippen molar-refractivity contribution in [2.45, 2.75) is 6.92 Å². The summed E-state index contributed by atoms with van der Waals surface area (Å²) < 4.78 is 10.4. The Hall–Kier alpha value is -1.60. The number of aromatic nitrogens is 1. The normalized spacial score (nSPS) is 9.43. The first-order valence-electron chi connectivity index (χ1n) is 4.43. The molecule has 1 rings (SSSR count). The lowest BCUT2D eigenvalue weighted by Crippen LogP contribution is -2.07. The van der Waals surface area contributed by atoms with Crippen LogP contribution in [0.1, 0.15) is 12.5 Å². The highest BCUT2D eigenvalue weighted by Gasteiger charge is 1.96. The van der Waals surface area contributed by atoms with E-state index in [0.717, 1.165) is 0 Å². The summed E-state index contributed by atoms with van der Waals surface area (Å²) in [6.07, 6.45) is 1.55. The molecule has 0 aliphatic rings. The maximum Gasteiger partial charge on any atom is 0.214 e. The number of ether oxygens (including phenoxy) is 2. The molecule has 0 N–H and O–H groups in total. The van der Waals surface area contributed by atoms with E-state index in [2.05, 4.69) is 4.98 Å². The van der Waals surface area contributed by atoms with Gasteiger partial charge in [-0.1, -0.05) is 0 Å². The molecule has 0 fully saturated rings. The lowest BCUT2D eigenvalue weighted by Gasteiger charge is -2.04. The van der Waals surface area contributed by atoms with E-state index in [0.29, 0.717) is 31.3 Å². The third-order valence-electron chi connectivity index (χ3n) is 1.55. The molecule has 0 aliphatic carbocycles. The molecule has 4 heteroatoms. The summed E-state index contributed by atoms with van der Waals surface area (Å²) in [6, 6.07) is 5.26. The van der Waals surface area contributed by atoms with Crippen molar-refractivity contribution in [3.8, 4) is 11.9 Å². The van der Waals surface area contributed by atoms with Crippen LogP contribution in [0.15, 0.2) is 18.3 Å². The Morgan fingerprint density at radius 1 is 1.50 bits per heavy atom. The maximum absolute atomic E-state index is 8.61. The molecule has 0 saturated heterocycles. The Bertz CT molecular complexity index is 320. The lowest BCUT2D eigenvalue weighted by molar-refractivity contribution is 0.108. The molecule has 1 aromatic rings. The average molecular weight is 192 g/mol. The van der Waals surface area contributed by atoms with Crippen LogP contribution in [0.4, 0.5) is 0 Å². The van der Waals surface area contributed by atoms with Crippen LogP contribution in [0.2, 0.25) is 0 Å². The number of nitriles is 1. The number of pyridine rings is 1. The van der Waals surface area contributed by atoms with Crippen molar-refractivity contribution in [1.29, 1.82) is 5.26 Å². The smallest absolute Gasteiger partial charge is 0.214 e. The highest BCUT2D eigenvalue weighted by Crippen LogP contribution is 2.07. The van der Waals surface area contributed by atoms with Gasteiger partial charge < -0.3 is 9.47 Å². The third-order valence-corrected chi connectivity index (χ3v) is 1.55. The van der Waals surface area contributed by atoms with E-state index in [1.165, 1.54) is 0 Å².